The largest absolute Gasteiger partial charge is 0.465 e. The molecule has 1 amide bonds. The zero-order valence-electron chi connectivity index (χ0n) is 20.7. The number of fused-ring (bicyclic) bond motifs is 1. The van der Waals surface area contributed by atoms with Crippen molar-refractivity contribution in [3.05, 3.63) is 35.1 Å². The van der Waals surface area contributed by atoms with Gasteiger partial charge in [-0.25, -0.2) is 9.18 Å². The van der Waals surface area contributed by atoms with Crippen molar-refractivity contribution in [3.8, 4) is 0 Å². The van der Waals surface area contributed by atoms with E-state index >= 15 is 0 Å². The van der Waals surface area contributed by atoms with E-state index in [4.69, 9.17) is 25.8 Å². The predicted octanol–water partition coefficient (Wildman–Crippen LogP) is 4.42. The van der Waals surface area contributed by atoms with Crippen LogP contribution in [0.2, 0.25) is 5.02 Å². The standard InChI is InChI=1S/C19H29NO7.C6H4ClF/c1-6-25-16(22)13(17(23)26-7-2)9-14(21)15-12-8-11(12)10-20(15)18(24)27-19(3,4)5;7-5-1-3-6(8)4-2-5/h11-13,15H,6-10H2,1-5H3;1-4H. The highest BCUT2D eigenvalue weighted by molar-refractivity contribution is 6.30. The number of esters is 2. The smallest absolute Gasteiger partial charge is 0.410 e. The summed E-state index contributed by atoms with van der Waals surface area (Å²) in [5, 5.41) is 0.561. The molecule has 1 aliphatic carbocycles. The van der Waals surface area contributed by atoms with E-state index in [9.17, 15) is 23.6 Å². The minimum Gasteiger partial charge on any atom is -0.465 e. The highest BCUT2D eigenvalue weighted by Gasteiger charge is 2.57. The summed E-state index contributed by atoms with van der Waals surface area (Å²) in [7, 11) is 0. The van der Waals surface area contributed by atoms with E-state index < -0.39 is 35.6 Å². The molecular weight excluding hydrogens is 481 g/mol. The summed E-state index contributed by atoms with van der Waals surface area (Å²) >= 11 is 5.44. The SMILES string of the molecule is CCOC(=O)C(CC(=O)C1C2CC2CN1C(=O)OC(C)(C)C)C(=O)OCC.Fc1ccc(Cl)cc1. The molecule has 3 rings (SSSR count). The summed E-state index contributed by atoms with van der Waals surface area (Å²) in [6, 6.07) is 4.99. The van der Waals surface area contributed by atoms with Crippen LogP contribution in [-0.2, 0) is 28.6 Å². The third kappa shape index (κ3) is 8.49. The molecule has 0 aromatic heterocycles. The summed E-state index contributed by atoms with van der Waals surface area (Å²) < 4.78 is 27.3. The number of ketones is 1. The first-order valence-corrected chi connectivity index (χ1v) is 12.0. The number of carbonyl (C=O) groups is 4. The zero-order chi connectivity index (χ0) is 26.3. The number of piperidine rings is 1. The third-order valence-electron chi connectivity index (χ3n) is 5.46. The number of ether oxygens (including phenoxy) is 3. The van der Waals surface area contributed by atoms with Crippen LogP contribution in [0, 0.1) is 23.6 Å². The predicted molar refractivity (Wildman–Crippen MR) is 126 cm³/mol. The van der Waals surface area contributed by atoms with E-state index in [1.54, 1.807) is 34.6 Å². The highest BCUT2D eigenvalue weighted by atomic mass is 35.5. The maximum Gasteiger partial charge on any atom is 0.410 e. The molecule has 3 unspecified atom stereocenters. The molecule has 2 aliphatic rings. The molecule has 1 heterocycles. The van der Waals surface area contributed by atoms with Gasteiger partial charge in [-0.15, -0.1) is 0 Å². The van der Waals surface area contributed by atoms with Crippen molar-refractivity contribution >= 4 is 35.4 Å². The average Bonchev–Trinajstić information content (AvgIpc) is 3.42. The fourth-order valence-corrected chi connectivity index (χ4v) is 4.01. The lowest BCUT2D eigenvalue weighted by atomic mass is 9.96. The Hall–Kier alpha value is -2.68. The van der Waals surface area contributed by atoms with E-state index in [0.717, 1.165) is 6.42 Å². The molecule has 0 N–H and O–H groups in total. The van der Waals surface area contributed by atoms with Gasteiger partial charge in [0, 0.05) is 18.0 Å². The summed E-state index contributed by atoms with van der Waals surface area (Å²) in [6.07, 6.45) is -0.0267. The number of amides is 1. The topological polar surface area (TPSA) is 99.2 Å². The second-order valence-corrected chi connectivity index (χ2v) is 9.84. The Bertz CT molecular complexity index is 876. The molecule has 2 fully saturated rings. The molecule has 1 aromatic rings. The Morgan fingerprint density at radius 3 is 2.06 bits per heavy atom. The molecule has 194 valence electrons. The summed E-state index contributed by atoms with van der Waals surface area (Å²) in [5.74, 6) is -3.12. The second-order valence-electron chi connectivity index (χ2n) is 9.40. The van der Waals surface area contributed by atoms with Gasteiger partial charge in [-0.3, -0.25) is 19.3 Å². The highest BCUT2D eigenvalue weighted by Crippen LogP contribution is 2.50. The second kappa shape index (κ2) is 12.3. The van der Waals surface area contributed by atoms with Crippen molar-refractivity contribution in [2.24, 2.45) is 17.8 Å². The van der Waals surface area contributed by atoms with Crippen molar-refractivity contribution in [2.75, 3.05) is 19.8 Å². The lowest BCUT2D eigenvalue weighted by Gasteiger charge is -2.30. The van der Waals surface area contributed by atoms with Gasteiger partial charge in [-0.1, -0.05) is 11.6 Å². The minimum absolute atomic E-state index is 0.0649. The van der Waals surface area contributed by atoms with Crippen LogP contribution in [0.15, 0.2) is 24.3 Å². The molecule has 0 bridgehead atoms. The van der Waals surface area contributed by atoms with E-state index in [2.05, 4.69) is 0 Å². The number of carbonyl (C=O) groups excluding carboxylic acids is 4. The first kappa shape index (κ1) is 28.6. The fourth-order valence-electron chi connectivity index (χ4n) is 3.89. The van der Waals surface area contributed by atoms with Gasteiger partial charge in [0.05, 0.1) is 19.3 Å². The van der Waals surface area contributed by atoms with Gasteiger partial charge in [0.15, 0.2) is 11.7 Å². The zero-order valence-corrected chi connectivity index (χ0v) is 21.5. The molecule has 1 saturated carbocycles. The van der Waals surface area contributed by atoms with E-state index in [1.165, 1.54) is 29.2 Å². The first-order valence-electron chi connectivity index (χ1n) is 11.6. The molecule has 0 spiro atoms. The maximum absolute atomic E-state index is 12.9. The van der Waals surface area contributed by atoms with Crippen LogP contribution >= 0.6 is 11.6 Å². The van der Waals surface area contributed by atoms with Gasteiger partial charge >= 0.3 is 18.0 Å². The summed E-state index contributed by atoms with van der Waals surface area (Å²) in [5.41, 5.74) is -0.671. The third-order valence-corrected chi connectivity index (χ3v) is 5.71. The fraction of sp³-hybridized carbons (Fsp3) is 0.600. The molecule has 35 heavy (non-hydrogen) atoms. The van der Waals surface area contributed by atoms with Gasteiger partial charge in [-0.05, 0) is 77.1 Å². The van der Waals surface area contributed by atoms with Crippen molar-refractivity contribution in [1.29, 1.82) is 0 Å². The van der Waals surface area contributed by atoms with Crippen LogP contribution in [0.1, 0.15) is 47.5 Å². The Kier molecular flexibility index (Phi) is 10.1. The van der Waals surface area contributed by atoms with Gasteiger partial charge < -0.3 is 14.2 Å². The first-order chi connectivity index (χ1) is 16.4. The van der Waals surface area contributed by atoms with Crippen molar-refractivity contribution in [2.45, 2.75) is 59.1 Å². The monoisotopic (exact) mass is 513 g/mol. The summed E-state index contributed by atoms with van der Waals surface area (Å²) in [6.45, 7) is 9.18. The lowest BCUT2D eigenvalue weighted by Crippen LogP contribution is -2.47. The van der Waals surface area contributed by atoms with Gasteiger partial charge in [-0.2, -0.15) is 0 Å². The molecular formula is C25H33ClFNO7. The molecule has 8 nitrogen and oxygen atoms in total. The van der Waals surface area contributed by atoms with Crippen molar-refractivity contribution in [1.82, 2.24) is 4.90 Å². The Labute approximate surface area is 210 Å². The van der Waals surface area contributed by atoms with Crippen molar-refractivity contribution in [3.63, 3.8) is 0 Å². The minimum atomic E-state index is -1.31. The summed E-state index contributed by atoms with van der Waals surface area (Å²) in [4.78, 5) is 51.1. The Morgan fingerprint density at radius 2 is 1.60 bits per heavy atom. The van der Waals surface area contributed by atoms with Crippen molar-refractivity contribution < 1.29 is 37.8 Å². The molecule has 1 aromatic carbocycles. The number of benzene rings is 1. The quantitative estimate of drug-likeness (QED) is 0.302. The number of hydrogen-bond donors (Lipinski definition) is 0. The molecule has 1 aliphatic heterocycles. The number of nitrogens with zero attached hydrogens (tertiary/aromatic N) is 1. The molecule has 0 radical (unpaired) electrons. The van der Waals surface area contributed by atoms with Crippen LogP contribution < -0.4 is 0 Å². The van der Waals surface area contributed by atoms with Crippen LogP contribution in [-0.4, -0.2) is 60.1 Å². The molecule has 1 saturated heterocycles. The normalized spacial score (nSPS) is 20.3. The molecule has 10 heteroatoms. The van der Waals surface area contributed by atoms with E-state index in [0.29, 0.717) is 11.6 Å². The number of halogens is 2. The lowest BCUT2D eigenvalue weighted by molar-refractivity contribution is -0.163. The number of Topliss-reactive ketones (excluding diaryl/α,β-unsaturated/α-hetero) is 1. The average molecular weight is 514 g/mol. The van der Waals surface area contributed by atoms with Crippen LogP contribution in [0.5, 0.6) is 0 Å². The van der Waals surface area contributed by atoms with E-state index in [1.807, 2.05) is 0 Å². The number of likely N-dealkylation sites (tertiary alicyclic amines) is 1. The number of rotatable bonds is 7. The number of hydrogen-bond acceptors (Lipinski definition) is 7. The Morgan fingerprint density at radius 1 is 1.06 bits per heavy atom. The van der Waals surface area contributed by atoms with E-state index in [-0.39, 0.29) is 43.1 Å². The van der Waals surface area contributed by atoms with Crippen LogP contribution in [0.25, 0.3) is 0 Å². The van der Waals surface area contributed by atoms with Crippen LogP contribution in [0.4, 0.5) is 9.18 Å². The Balaban J connectivity index is 0.000000456. The van der Waals surface area contributed by atoms with Gasteiger partial charge in [0.1, 0.15) is 11.4 Å². The van der Waals surface area contributed by atoms with Gasteiger partial charge in [0.2, 0.25) is 0 Å². The van der Waals surface area contributed by atoms with Crippen LogP contribution in [0.3, 0.4) is 0 Å². The van der Waals surface area contributed by atoms with Gasteiger partial charge in [0.25, 0.3) is 0 Å². The maximum atomic E-state index is 12.9. The molecule has 3 atom stereocenters.